The number of hydrogen-bond acceptors (Lipinski definition) is 4. The van der Waals surface area contributed by atoms with Gasteiger partial charge in [0.25, 0.3) is 0 Å². The van der Waals surface area contributed by atoms with Crippen LogP contribution in [0.2, 0.25) is 0 Å². The van der Waals surface area contributed by atoms with Gasteiger partial charge in [-0.2, -0.15) is 13.2 Å². The summed E-state index contributed by atoms with van der Waals surface area (Å²) in [5, 5.41) is 9.32. The van der Waals surface area contributed by atoms with E-state index in [0.29, 0.717) is 18.9 Å². The predicted molar refractivity (Wildman–Crippen MR) is 139 cm³/mol. The van der Waals surface area contributed by atoms with Gasteiger partial charge in [-0.25, -0.2) is 9.18 Å². The molecule has 0 radical (unpaired) electrons. The number of likely N-dealkylation sites (tertiary alicyclic amines) is 1. The van der Waals surface area contributed by atoms with Crippen LogP contribution in [0.1, 0.15) is 78.9 Å². The molecule has 2 atom stereocenters. The maximum Gasteiger partial charge on any atom is 0.419 e. The minimum absolute atomic E-state index is 0.0194. The Labute approximate surface area is 230 Å². The molecular weight excluding hydrogens is 528 g/mol. The van der Waals surface area contributed by atoms with E-state index in [-0.39, 0.29) is 53.9 Å². The van der Waals surface area contributed by atoms with Gasteiger partial charge < -0.3 is 19.6 Å². The number of hydrogen-bond donors (Lipinski definition) is 1. The molecule has 2 aromatic carbocycles. The fourth-order valence-corrected chi connectivity index (χ4v) is 6.78. The van der Waals surface area contributed by atoms with Gasteiger partial charge in [-0.05, 0) is 86.9 Å². The van der Waals surface area contributed by atoms with E-state index in [0.717, 1.165) is 44.0 Å². The predicted octanol–water partition coefficient (Wildman–Crippen LogP) is 6.30. The van der Waals surface area contributed by atoms with E-state index in [4.69, 9.17) is 4.74 Å². The van der Waals surface area contributed by atoms with E-state index in [1.807, 2.05) is 19.9 Å². The van der Waals surface area contributed by atoms with E-state index >= 15 is 0 Å². The lowest BCUT2D eigenvalue weighted by molar-refractivity contribution is -0.150. The number of rotatable bonds is 5. The number of halogens is 4. The standard InChI is InChI=1S/C30H34F4N2O4/c1-18(2)29(28(39)36-16-23-25(40-17-36)7-6-24(26(23)31)30(32,33)34)11-8-22(15-29)35-12-9-19(10-13-35)20-4-3-5-21(14-20)27(37)38/h3-7,14,18-19,22H,8-13,15-17H2,1-2H3,(H,37,38)/t22-,29+/m1/s1. The van der Waals surface area contributed by atoms with E-state index in [1.54, 1.807) is 18.2 Å². The molecule has 1 amide bonds. The van der Waals surface area contributed by atoms with Crippen molar-refractivity contribution in [3.05, 3.63) is 64.5 Å². The highest BCUT2D eigenvalue weighted by Crippen LogP contribution is 2.49. The summed E-state index contributed by atoms with van der Waals surface area (Å²) in [4.78, 5) is 29.1. The number of carbonyl (C=O) groups is 2. The molecule has 2 aromatic rings. The molecule has 1 N–H and O–H groups in total. The van der Waals surface area contributed by atoms with E-state index < -0.39 is 28.9 Å². The number of benzene rings is 2. The maximum atomic E-state index is 14.9. The molecule has 10 heteroatoms. The minimum atomic E-state index is -4.84. The van der Waals surface area contributed by atoms with Crippen LogP contribution in [0.3, 0.4) is 0 Å². The van der Waals surface area contributed by atoms with Gasteiger partial charge in [-0.1, -0.05) is 26.0 Å². The minimum Gasteiger partial charge on any atom is -0.478 e. The molecule has 1 saturated carbocycles. The molecule has 216 valence electrons. The number of ether oxygens (including phenoxy) is 1. The van der Waals surface area contributed by atoms with Crippen LogP contribution >= 0.6 is 0 Å². The summed E-state index contributed by atoms with van der Waals surface area (Å²) < 4.78 is 60.3. The van der Waals surface area contributed by atoms with Gasteiger partial charge in [0.2, 0.25) is 5.91 Å². The Bertz CT molecular complexity index is 1290. The average molecular weight is 563 g/mol. The second kappa shape index (κ2) is 10.7. The number of nitrogens with zero attached hydrogens (tertiary/aromatic N) is 2. The molecule has 2 aliphatic heterocycles. The van der Waals surface area contributed by atoms with Gasteiger partial charge in [0.1, 0.15) is 11.6 Å². The average Bonchev–Trinajstić information content (AvgIpc) is 3.39. The zero-order valence-electron chi connectivity index (χ0n) is 22.6. The fourth-order valence-electron chi connectivity index (χ4n) is 6.78. The second-order valence-corrected chi connectivity index (χ2v) is 11.6. The molecule has 1 aliphatic carbocycles. The number of carbonyl (C=O) groups excluding carboxylic acids is 1. The highest BCUT2D eigenvalue weighted by molar-refractivity contribution is 5.87. The zero-order valence-corrected chi connectivity index (χ0v) is 22.6. The first kappa shape index (κ1) is 28.4. The van der Waals surface area contributed by atoms with Crippen LogP contribution in [0, 0.1) is 17.2 Å². The summed E-state index contributed by atoms with van der Waals surface area (Å²) in [6.45, 7) is 5.26. The van der Waals surface area contributed by atoms with Gasteiger partial charge in [-0.15, -0.1) is 0 Å². The molecule has 3 aliphatic rings. The van der Waals surface area contributed by atoms with Crippen LogP contribution in [-0.4, -0.2) is 52.6 Å². The van der Waals surface area contributed by atoms with Crippen molar-refractivity contribution in [1.29, 1.82) is 0 Å². The quantitative estimate of drug-likeness (QED) is 0.434. The van der Waals surface area contributed by atoms with E-state index in [2.05, 4.69) is 4.90 Å². The highest BCUT2D eigenvalue weighted by atomic mass is 19.4. The lowest BCUT2D eigenvalue weighted by Gasteiger charge is -2.41. The van der Waals surface area contributed by atoms with Crippen molar-refractivity contribution in [3.63, 3.8) is 0 Å². The Morgan fingerprint density at radius 2 is 1.82 bits per heavy atom. The normalized spacial score (nSPS) is 24.2. The van der Waals surface area contributed by atoms with Crippen LogP contribution in [0.4, 0.5) is 17.6 Å². The third-order valence-corrected chi connectivity index (χ3v) is 9.22. The van der Waals surface area contributed by atoms with Crippen molar-refractivity contribution < 1.29 is 37.0 Å². The molecule has 1 saturated heterocycles. The van der Waals surface area contributed by atoms with E-state index in [9.17, 15) is 32.3 Å². The Morgan fingerprint density at radius 3 is 2.48 bits per heavy atom. The Hall–Kier alpha value is -3.14. The largest absolute Gasteiger partial charge is 0.478 e. The lowest BCUT2D eigenvalue weighted by atomic mass is 9.74. The van der Waals surface area contributed by atoms with Crippen molar-refractivity contribution in [2.75, 3.05) is 19.8 Å². The first-order chi connectivity index (χ1) is 18.9. The molecule has 6 nitrogen and oxygen atoms in total. The topological polar surface area (TPSA) is 70.1 Å². The molecule has 40 heavy (non-hydrogen) atoms. The summed E-state index contributed by atoms with van der Waals surface area (Å²) >= 11 is 0. The summed E-state index contributed by atoms with van der Waals surface area (Å²) in [7, 11) is 0. The van der Waals surface area contributed by atoms with Gasteiger partial charge in [-0.3, -0.25) is 4.79 Å². The Balaban J connectivity index is 1.27. The number of aromatic carboxylic acids is 1. The van der Waals surface area contributed by atoms with Crippen molar-refractivity contribution in [1.82, 2.24) is 9.80 Å². The van der Waals surface area contributed by atoms with Crippen molar-refractivity contribution in [2.45, 2.75) is 70.6 Å². The molecule has 2 fully saturated rings. The number of piperidine rings is 1. The maximum absolute atomic E-state index is 14.9. The van der Waals surface area contributed by atoms with Crippen molar-refractivity contribution in [2.24, 2.45) is 11.3 Å². The molecule has 0 unspecified atom stereocenters. The number of carboxylic acids is 1. The van der Waals surface area contributed by atoms with Gasteiger partial charge >= 0.3 is 12.1 Å². The van der Waals surface area contributed by atoms with Crippen LogP contribution in [-0.2, 0) is 17.5 Å². The smallest absolute Gasteiger partial charge is 0.419 e. The SMILES string of the molecule is CC(C)[C@]1(C(=O)N2COc3ccc(C(F)(F)F)c(F)c3C2)CC[C@@H](N2CCC(c3cccc(C(=O)O)c3)CC2)C1. The van der Waals surface area contributed by atoms with Crippen molar-refractivity contribution >= 4 is 11.9 Å². The van der Waals surface area contributed by atoms with Gasteiger partial charge in [0, 0.05) is 6.04 Å². The number of amides is 1. The van der Waals surface area contributed by atoms with Crippen LogP contribution in [0.15, 0.2) is 36.4 Å². The van der Waals surface area contributed by atoms with E-state index in [1.165, 1.54) is 4.90 Å². The van der Waals surface area contributed by atoms with Crippen LogP contribution in [0.5, 0.6) is 5.75 Å². The molecule has 0 spiro atoms. The third-order valence-electron chi connectivity index (χ3n) is 9.22. The third kappa shape index (κ3) is 5.18. The Kier molecular flexibility index (Phi) is 7.58. The van der Waals surface area contributed by atoms with Crippen LogP contribution < -0.4 is 4.74 Å². The highest BCUT2D eigenvalue weighted by Gasteiger charge is 2.51. The summed E-state index contributed by atoms with van der Waals surface area (Å²) in [5.74, 6) is -2.24. The van der Waals surface area contributed by atoms with Gasteiger partial charge in [0.15, 0.2) is 6.73 Å². The summed E-state index contributed by atoms with van der Waals surface area (Å²) in [6, 6.07) is 9.08. The summed E-state index contributed by atoms with van der Waals surface area (Å²) in [6.07, 6.45) is -0.976. The lowest BCUT2D eigenvalue weighted by Crippen LogP contribution is -2.49. The molecule has 2 heterocycles. The monoisotopic (exact) mass is 562 g/mol. The van der Waals surface area contributed by atoms with Gasteiger partial charge in [0.05, 0.1) is 28.7 Å². The van der Waals surface area contributed by atoms with Crippen LogP contribution in [0.25, 0.3) is 0 Å². The summed E-state index contributed by atoms with van der Waals surface area (Å²) in [5.41, 5.74) is -0.992. The molecule has 0 bridgehead atoms. The Morgan fingerprint density at radius 1 is 1.10 bits per heavy atom. The molecule has 0 aromatic heterocycles. The first-order valence-corrected chi connectivity index (χ1v) is 13.8. The fraction of sp³-hybridized carbons (Fsp3) is 0.533. The molecular formula is C30H34F4N2O4. The zero-order chi connectivity index (χ0) is 28.8. The van der Waals surface area contributed by atoms with Crippen molar-refractivity contribution in [3.8, 4) is 5.75 Å². The second-order valence-electron chi connectivity index (χ2n) is 11.6. The number of carboxylic acid groups (broad SMARTS) is 1. The number of fused-ring (bicyclic) bond motifs is 1. The molecule has 5 rings (SSSR count). The number of alkyl halides is 3. The first-order valence-electron chi connectivity index (χ1n) is 13.8.